The van der Waals surface area contributed by atoms with Gasteiger partial charge in [-0.25, -0.2) is 0 Å². The zero-order valence-electron chi connectivity index (χ0n) is 5.49. The number of aliphatic hydroxyl groups excluding tert-OH is 1. The average molecular weight is 138 g/mol. The molecule has 0 aliphatic rings. The Hall–Kier alpha value is -1.06. The number of nitrogens with two attached hydrogens (primary N) is 2. The number of nitrogen functional groups attached to an aromatic ring is 1. The molecule has 1 rings (SSSR count). The highest BCUT2D eigenvalue weighted by atomic mass is 16.3. The maximum atomic E-state index is 8.87. The first kappa shape index (κ1) is 7.05. The molecule has 0 saturated heterocycles. The van der Waals surface area contributed by atoms with E-state index in [-0.39, 0.29) is 0 Å². The minimum Gasteiger partial charge on any atom is -0.399 e. The summed E-state index contributed by atoms with van der Waals surface area (Å²) in [5.74, 6) is 0. The van der Waals surface area contributed by atoms with E-state index in [0.717, 1.165) is 0 Å². The second-order valence-corrected chi connectivity index (χ2v) is 2.11. The fraction of sp³-hybridized carbons (Fsp3) is 0.143. The van der Waals surface area contributed by atoms with E-state index >= 15 is 0 Å². The van der Waals surface area contributed by atoms with Crippen LogP contribution in [-0.4, -0.2) is 5.11 Å². The molecule has 0 fully saturated rings. The highest BCUT2D eigenvalue weighted by Crippen LogP contribution is 2.10. The molecule has 10 heavy (non-hydrogen) atoms. The van der Waals surface area contributed by atoms with Crippen LogP contribution >= 0.6 is 0 Å². The second-order valence-electron chi connectivity index (χ2n) is 2.11. The molecule has 54 valence electrons. The van der Waals surface area contributed by atoms with E-state index in [2.05, 4.69) is 0 Å². The lowest BCUT2D eigenvalue weighted by Crippen LogP contribution is -2.08. The molecule has 5 N–H and O–H groups in total. The minimum atomic E-state index is -0.927. The zero-order chi connectivity index (χ0) is 7.56. The van der Waals surface area contributed by atoms with Crippen molar-refractivity contribution in [2.75, 3.05) is 5.73 Å². The Morgan fingerprint density at radius 2 is 2.10 bits per heavy atom. The maximum absolute atomic E-state index is 8.87. The molecule has 0 aliphatic carbocycles. The smallest absolute Gasteiger partial charge is 0.128 e. The number of benzene rings is 1. The molecule has 0 bridgehead atoms. The Kier molecular flexibility index (Phi) is 1.89. The number of hydrogen-bond acceptors (Lipinski definition) is 3. The van der Waals surface area contributed by atoms with Gasteiger partial charge in [-0.2, -0.15) is 0 Å². The SMILES string of the molecule is Nc1cccc(C(N)O)c1. The van der Waals surface area contributed by atoms with Gasteiger partial charge in [0.05, 0.1) is 0 Å². The van der Waals surface area contributed by atoms with Crippen molar-refractivity contribution in [2.24, 2.45) is 5.73 Å². The molecule has 0 amide bonds. The van der Waals surface area contributed by atoms with Gasteiger partial charge in [0.25, 0.3) is 0 Å². The normalized spacial score (nSPS) is 13.0. The summed E-state index contributed by atoms with van der Waals surface area (Å²) < 4.78 is 0. The third-order valence-corrected chi connectivity index (χ3v) is 1.25. The highest BCUT2D eigenvalue weighted by molar-refractivity contribution is 5.41. The largest absolute Gasteiger partial charge is 0.399 e. The van der Waals surface area contributed by atoms with E-state index in [1.807, 2.05) is 0 Å². The van der Waals surface area contributed by atoms with Crippen molar-refractivity contribution in [1.82, 2.24) is 0 Å². The molecule has 1 unspecified atom stereocenters. The van der Waals surface area contributed by atoms with Crippen molar-refractivity contribution < 1.29 is 5.11 Å². The van der Waals surface area contributed by atoms with Gasteiger partial charge in [-0.15, -0.1) is 0 Å². The van der Waals surface area contributed by atoms with Gasteiger partial charge in [0, 0.05) is 5.69 Å². The lowest BCUT2D eigenvalue weighted by atomic mass is 10.2. The van der Waals surface area contributed by atoms with Crippen LogP contribution in [0.25, 0.3) is 0 Å². The Bertz CT molecular complexity index is 223. The summed E-state index contributed by atoms with van der Waals surface area (Å²) in [6.07, 6.45) is -0.927. The summed E-state index contributed by atoms with van der Waals surface area (Å²) in [5, 5.41) is 8.87. The predicted octanol–water partition coefficient (Wildman–Crippen LogP) is 0.218. The molecule has 3 nitrogen and oxygen atoms in total. The molecule has 0 spiro atoms. The summed E-state index contributed by atoms with van der Waals surface area (Å²) in [6, 6.07) is 6.86. The van der Waals surface area contributed by atoms with Crippen LogP contribution in [0.3, 0.4) is 0 Å². The molecule has 1 atom stereocenters. The third-order valence-electron chi connectivity index (χ3n) is 1.25. The van der Waals surface area contributed by atoms with Crippen molar-refractivity contribution in [3.05, 3.63) is 29.8 Å². The number of aliphatic hydroxyl groups is 1. The van der Waals surface area contributed by atoms with E-state index in [1.54, 1.807) is 24.3 Å². The van der Waals surface area contributed by atoms with Gasteiger partial charge in [0.15, 0.2) is 0 Å². The van der Waals surface area contributed by atoms with Gasteiger partial charge in [0.2, 0.25) is 0 Å². The topological polar surface area (TPSA) is 72.3 Å². The van der Waals surface area contributed by atoms with Crippen LogP contribution in [0.4, 0.5) is 5.69 Å². The average Bonchev–Trinajstić information content (AvgIpc) is 1.88. The van der Waals surface area contributed by atoms with E-state index in [9.17, 15) is 0 Å². The fourth-order valence-corrected chi connectivity index (χ4v) is 0.743. The molecule has 3 heteroatoms. The number of hydrogen-bond donors (Lipinski definition) is 3. The Labute approximate surface area is 59.3 Å². The Morgan fingerprint density at radius 1 is 1.40 bits per heavy atom. The van der Waals surface area contributed by atoms with E-state index < -0.39 is 6.23 Å². The van der Waals surface area contributed by atoms with Gasteiger partial charge >= 0.3 is 0 Å². The molecule has 0 radical (unpaired) electrons. The van der Waals surface area contributed by atoms with Gasteiger partial charge in [-0.3, -0.25) is 0 Å². The highest BCUT2D eigenvalue weighted by Gasteiger charge is 1.98. The maximum Gasteiger partial charge on any atom is 0.128 e. The molecule has 0 aromatic heterocycles. The molecular weight excluding hydrogens is 128 g/mol. The van der Waals surface area contributed by atoms with Crippen LogP contribution in [0.15, 0.2) is 24.3 Å². The van der Waals surface area contributed by atoms with E-state index in [0.29, 0.717) is 11.3 Å². The first-order chi connectivity index (χ1) is 4.70. The van der Waals surface area contributed by atoms with Crippen molar-refractivity contribution in [2.45, 2.75) is 6.23 Å². The first-order valence-electron chi connectivity index (χ1n) is 2.99. The quantitative estimate of drug-likeness (QED) is 0.384. The van der Waals surface area contributed by atoms with Crippen LogP contribution < -0.4 is 11.5 Å². The summed E-state index contributed by atoms with van der Waals surface area (Å²) >= 11 is 0. The zero-order valence-corrected chi connectivity index (χ0v) is 5.49. The van der Waals surface area contributed by atoms with Gasteiger partial charge in [0.1, 0.15) is 6.23 Å². The van der Waals surface area contributed by atoms with Crippen molar-refractivity contribution >= 4 is 5.69 Å². The van der Waals surface area contributed by atoms with Crippen LogP contribution in [0, 0.1) is 0 Å². The molecule has 0 saturated carbocycles. The number of rotatable bonds is 1. The minimum absolute atomic E-state index is 0.613. The third kappa shape index (κ3) is 1.46. The van der Waals surface area contributed by atoms with Crippen LogP contribution in [0.5, 0.6) is 0 Å². The summed E-state index contributed by atoms with van der Waals surface area (Å²) in [4.78, 5) is 0. The Balaban J connectivity index is 2.96. The molecule has 1 aromatic carbocycles. The van der Waals surface area contributed by atoms with Crippen LogP contribution in [0.2, 0.25) is 0 Å². The monoisotopic (exact) mass is 138 g/mol. The van der Waals surface area contributed by atoms with E-state index in [4.69, 9.17) is 16.6 Å². The molecular formula is C7H10N2O. The lowest BCUT2D eigenvalue weighted by Gasteiger charge is -2.03. The molecule has 0 aliphatic heterocycles. The number of anilines is 1. The molecule has 0 heterocycles. The van der Waals surface area contributed by atoms with Crippen molar-refractivity contribution in [3.8, 4) is 0 Å². The fourth-order valence-electron chi connectivity index (χ4n) is 0.743. The lowest BCUT2D eigenvalue weighted by molar-refractivity contribution is 0.186. The van der Waals surface area contributed by atoms with Crippen LogP contribution in [0.1, 0.15) is 11.8 Å². The van der Waals surface area contributed by atoms with Gasteiger partial charge in [-0.1, -0.05) is 12.1 Å². The summed E-state index contributed by atoms with van der Waals surface area (Å²) in [6.45, 7) is 0. The standard InChI is InChI=1S/C7H10N2O/c8-6-3-1-2-5(4-6)7(9)10/h1-4,7,10H,8-9H2. The summed E-state index contributed by atoms with van der Waals surface area (Å²) in [5.41, 5.74) is 11.9. The van der Waals surface area contributed by atoms with Gasteiger partial charge < -0.3 is 16.6 Å². The predicted molar refractivity (Wildman–Crippen MR) is 40.0 cm³/mol. The Morgan fingerprint density at radius 3 is 2.50 bits per heavy atom. The van der Waals surface area contributed by atoms with Crippen molar-refractivity contribution in [3.63, 3.8) is 0 Å². The molecule has 1 aromatic rings. The first-order valence-corrected chi connectivity index (χ1v) is 2.99. The second kappa shape index (κ2) is 2.68. The van der Waals surface area contributed by atoms with Crippen LogP contribution in [-0.2, 0) is 0 Å². The van der Waals surface area contributed by atoms with E-state index in [1.165, 1.54) is 0 Å². The van der Waals surface area contributed by atoms with Crippen molar-refractivity contribution in [1.29, 1.82) is 0 Å². The van der Waals surface area contributed by atoms with Gasteiger partial charge in [-0.05, 0) is 17.7 Å². The summed E-state index contributed by atoms with van der Waals surface area (Å²) in [7, 11) is 0.